The number of rotatable bonds is 4. The van der Waals surface area contributed by atoms with Crippen molar-refractivity contribution in [3.8, 4) is 0 Å². The number of hydrogen-bond donors (Lipinski definition) is 1. The Morgan fingerprint density at radius 1 is 1.17 bits per heavy atom. The zero-order chi connectivity index (χ0) is 21.4. The van der Waals surface area contributed by atoms with Crippen molar-refractivity contribution in [1.29, 1.82) is 0 Å². The van der Waals surface area contributed by atoms with E-state index in [0.717, 1.165) is 16.8 Å². The Kier molecular flexibility index (Phi) is 5.11. The van der Waals surface area contributed by atoms with Gasteiger partial charge in [0.1, 0.15) is 6.04 Å². The number of carbonyl (C=O) groups is 4. The van der Waals surface area contributed by atoms with Gasteiger partial charge in [0.25, 0.3) is 11.8 Å². The Balaban J connectivity index is 1.59. The fraction of sp³-hybridized carbons (Fsp3) is 0.304. The number of carbonyl (C=O) groups excluding carboxylic acids is 4. The van der Waals surface area contributed by atoms with Crippen molar-refractivity contribution >= 4 is 29.3 Å². The van der Waals surface area contributed by atoms with E-state index in [9.17, 15) is 19.2 Å². The van der Waals surface area contributed by atoms with Crippen LogP contribution in [0.5, 0.6) is 0 Å². The third-order valence-corrected chi connectivity index (χ3v) is 5.65. The Labute approximate surface area is 174 Å². The number of fused-ring (bicyclic) bond motifs is 1. The van der Waals surface area contributed by atoms with Crippen molar-refractivity contribution in [2.75, 3.05) is 11.4 Å². The molecule has 1 atom stereocenters. The molecule has 4 amide bonds. The number of aryl methyl sites for hydroxylation is 1. The summed E-state index contributed by atoms with van der Waals surface area (Å²) in [5.41, 5.74) is 3.50. The maximum Gasteiger partial charge on any atom is 0.258 e. The standard InChI is InChI=1S/C23H23N3O4/c1-3-25(17-6-4-5-14(2)11-17)22(29)15-7-8-16-13-26(23(30)18(16)12-15)19-9-10-20(27)24-21(19)28/h4-8,11-12,19H,3,9-10,13H2,1-2H3,(H,24,27,28). The van der Waals surface area contributed by atoms with Crippen LogP contribution in [0.1, 0.15) is 51.6 Å². The lowest BCUT2D eigenvalue weighted by Crippen LogP contribution is -2.52. The number of piperidine rings is 1. The quantitative estimate of drug-likeness (QED) is 0.792. The molecule has 2 aliphatic rings. The average Bonchev–Trinajstić information content (AvgIpc) is 3.04. The summed E-state index contributed by atoms with van der Waals surface area (Å²) in [6, 6.07) is 12.2. The maximum absolute atomic E-state index is 13.2. The molecule has 154 valence electrons. The minimum atomic E-state index is -0.666. The fourth-order valence-electron chi connectivity index (χ4n) is 4.08. The third kappa shape index (κ3) is 3.47. The topological polar surface area (TPSA) is 86.8 Å². The highest BCUT2D eigenvalue weighted by Gasteiger charge is 2.39. The van der Waals surface area contributed by atoms with Crippen LogP contribution < -0.4 is 10.2 Å². The first kappa shape index (κ1) is 19.8. The van der Waals surface area contributed by atoms with E-state index in [-0.39, 0.29) is 24.1 Å². The lowest BCUT2D eigenvalue weighted by molar-refractivity contribution is -0.136. The summed E-state index contributed by atoms with van der Waals surface area (Å²) < 4.78 is 0. The predicted molar refractivity (Wildman–Crippen MR) is 111 cm³/mol. The Bertz CT molecular complexity index is 1060. The number of nitrogens with zero attached hydrogens (tertiary/aromatic N) is 2. The molecule has 1 saturated heterocycles. The summed E-state index contributed by atoms with van der Waals surface area (Å²) in [6.07, 6.45) is 0.523. The molecule has 0 spiro atoms. The van der Waals surface area contributed by atoms with Crippen molar-refractivity contribution in [3.63, 3.8) is 0 Å². The molecule has 2 aliphatic heterocycles. The van der Waals surface area contributed by atoms with Gasteiger partial charge in [0, 0.05) is 36.3 Å². The molecule has 7 heteroatoms. The predicted octanol–water partition coefficient (Wildman–Crippen LogP) is 2.42. The lowest BCUT2D eigenvalue weighted by atomic mass is 10.0. The van der Waals surface area contributed by atoms with Gasteiger partial charge in [0.15, 0.2) is 0 Å². The Morgan fingerprint density at radius 2 is 1.97 bits per heavy atom. The van der Waals surface area contributed by atoms with Crippen molar-refractivity contribution in [2.24, 2.45) is 0 Å². The second kappa shape index (κ2) is 7.74. The SMILES string of the molecule is CCN(C(=O)c1ccc2c(c1)C(=O)N(C1CCC(=O)NC1=O)C2)c1cccc(C)c1. The molecule has 0 saturated carbocycles. The van der Waals surface area contributed by atoms with Crippen LogP contribution in [0.3, 0.4) is 0 Å². The van der Waals surface area contributed by atoms with E-state index >= 15 is 0 Å². The second-order valence-electron chi connectivity index (χ2n) is 7.66. The van der Waals surface area contributed by atoms with Crippen molar-refractivity contribution in [3.05, 3.63) is 64.7 Å². The molecule has 0 bridgehead atoms. The summed E-state index contributed by atoms with van der Waals surface area (Å²) in [5.74, 6) is -1.23. The average molecular weight is 405 g/mol. The molecule has 1 fully saturated rings. The highest BCUT2D eigenvalue weighted by Crippen LogP contribution is 2.29. The van der Waals surface area contributed by atoms with Gasteiger partial charge < -0.3 is 9.80 Å². The summed E-state index contributed by atoms with van der Waals surface area (Å²) >= 11 is 0. The normalized spacial score (nSPS) is 18.3. The van der Waals surface area contributed by atoms with Crippen LogP contribution >= 0.6 is 0 Å². The molecule has 30 heavy (non-hydrogen) atoms. The number of benzene rings is 2. The smallest absolute Gasteiger partial charge is 0.258 e. The first-order chi connectivity index (χ1) is 14.4. The zero-order valence-electron chi connectivity index (χ0n) is 17.0. The first-order valence-electron chi connectivity index (χ1n) is 10.0. The molecule has 1 N–H and O–H groups in total. The van der Waals surface area contributed by atoms with E-state index in [2.05, 4.69) is 5.32 Å². The van der Waals surface area contributed by atoms with Gasteiger partial charge in [0.2, 0.25) is 11.8 Å². The molecular formula is C23H23N3O4. The van der Waals surface area contributed by atoms with Gasteiger partial charge in [-0.15, -0.1) is 0 Å². The number of imide groups is 1. The van der Waals surface area contributed by atoms with Gasteiger partial charge in [0.05, 0.1) is 0 Å². The van der Waals surface area contributed by atoms with Crippen LogP contribution in [0.15, 0.2) is 42.5 Å². The molecule has 2 aromatic carbocycles. The van der Waals surface area contributed by atoms with E-state index in [4.69, 9.17) is 0 Å². The van der Waals surface area contributed by atoms with Gasteiger partial charge in [-0.25, -0.2) is 0 Å². The van der Waals surface area contributed by atoms with Gasteiger partial charge in [-0.2, -0.15) is 0 Å². The Hall–Kier alpha value is -3.48. The number of nitrogens with one attached hydrogen (secondary N) is 1. The second-order valence-corrected chi connectivity index (χ2v) is 7.66. The largest absolute Gasteiger partial charge is 0.322 e. The molecule has 7 nitrogen and oxygen atoms in total. The fourth-order valence-corrected chi connectivity index (χ4v) is 4.08. The number of anilines is 1. The van der Waals surface area contributed by atoms with E-state index in [1.165, 1.54) is 4.90 Å². The molecule has 2 aromatic rings. The zero-order valence-corrected chi connectivity index (χ0v) is 17.0. The van der Waals surface area contributed by atoms with Gasteiger partial charge in [-0.05, 0) is 55.7 Å². The first-order valence-corrected chi connectivity index (χ1v) is 10.0. The summed E-state index contributed by atoms with van der Waals surface area (Å²) in [5, 5.41) is 2.30. The number of hydrogen-bond acceptors (Lipinski definition) is 4. The molecule has 2 heterocycles. The van der Waals surface area contributed by atoms with Crippen LogP contribution in [0.2, 0.25) is 0 Å². The van der Waals surface area contributed by atoms with Crippen molar-refractivity contribution < 1.29 is 19.2 Å². The highest BCUT2D eigenvalue weighted by atomic mass is 16.2. The summed E-state index contributed by atoms with van der Waals surface area (Å²) in [4.78, 5) is 52.9. The molecule has 1 unspecified atom stereocenters. The van der Waals surface area contributed by atoms with E-state index in [1.54, 1.807) is 23.1 Å². The van der Waals surface area contributed by atoms with Gasteiger partial charge >= 0.3 is 0 Å². The van der Waals surface area contributed by atoms with E-state index in [0.29, 0.717) is 30.6 Å². The molecule has 4 rings (SSSR count). The third-order valence-electron chi connectivity index (χ3n) is 5.65. The van der Waals surface area contributed by atoms with E-state index in [1.807, 2.05) is 38.1 Å². The van der Waals surface area contributed by atoms with Crippen LogP contribution in [-0.2, 0) is 16.1 Å². The van der Waals surface area contributed by atoms with Crippen LogP contribution in [0.4, 0.5) is 5.69 Å². The monoisotopic (exact) mass is 405 g/mol. The van der Waals surface area contributed by atoms with Gasteiger partial charge in [-0.1, -0.05) is 18.2 Å². The number of amides is 4. The lowest BCUT2D eigenvalue weighted by Gasteiger charge is -2.29. The van der Waals surface area contributed by atoms with Gasteiger partial charge in [-0.3, -0.25) is 24.5 Å². The van der Waals surface area contributed by atoms with Crippen molar-refractivity contribution in [1.82, 2.24) is 10.2 Å². The summed E-state index contributed by atoms with van der Waals surface area (Å²) in [7, 11) is 0. The molecular weight excluding hydrogens is 382 g/mol. The van der Waals surface area contributed by atoms with Crippen LogP contribution in [0.25, 0.3) is 0 Å². The van der Waals surface area contributed by atoms with E-state index < -0.39 is 11.9 Å². The minimum absolute atomic E-state index is 0.182. The Morgan fingerprint density at radius 3 is 2.67 bits per heavy atom. The molecule has 0 aromatic heterocycles. The molecule has 0 radical (unpaired) electrons. The minimum Gasteiger partial charge on any atom is -0.322 e. The maximum atomic E-state index is 13.2. The summed E-state index contributed by atoms with van der Waals surface area (Å²) in [6.45, 7) is 4.67. The van der Waals surface area contributed by atoms with Crippen molar-refractivity contribution in [2.45, 2.75) is 39.3 Å². The van der Waals surface area contributed by atoms with Crippen LogP contribution in [0, 0.1) is 6.92 Å². The molecule has 0 aliphatic carbocycles. The highest BCUT2D eigenvalue weighted by molar-refractivity contribution is 6.09. The van der Waals surface area contributed by atoms with Crippen LogP contribution in [-0.4, -0.2) is 41.1 Å².